The summed E-state index contributed by atoms with van der Waals surface area (Å²) >= 11 is 7.61. The van der Waals surface area contributed by atoms with E-state index in [4.69, 9.17) is 11.6 Å². The molecule has 0 atom stereocenters. The van der Waals surface area contributed by atoms with Crippen LogP contribution in [0.25, 0.3) is 0 Å². The minimum atomic E-state index is -4.07. The first-order chi connectivity index (χ1) is 16.8. The summed E-state index contributed by atoms with van der Waals surface area (Å²) in [4.78, 5) is 23.0. The van der Waals surface area contributed by atoms with Gasteiger partial charge in [-0.1, -0.05) is 41.9 Å². The van der Waals surface area contributed by atoms with Crippen LogP contribution < -0.4 is 9.62 Å². The Labute approximate surface area is 213 Å². The fourth-order valence-corrected chi connectivity index (χ4v) is 5.62. The summed E-state index contributed by atoms with van der Waals surface area (Å²) in [5.74, 6) is 1.18. The number of carbonyl (C=O) groups excluding carboxylic acids is 1. The molecule has 8 nitrogen and oxygen atoms in total. The van der Waals surface area contributed by atoms with Crippen LogP contribution in [0.1, 0.15) is 12.0 Å². The lowest BCUT2D eigenvalue weighted by Crippen LogP contribution is -2.41. The van der Waals surface area contributed by atoms with E-state index >= 15 is 0 Å². The molecule has 0 aliphatic rings. The van der Waals surface area contributed by atoms with E-state index in [-0.39, 0.29) is 16.3 Å². The highest BCUT2D eigenvalue weighted by atomic mass is 35.5. The topological polar surface area (TPSA) is 110 Å². The fourth-order valence-electron chi connectivity index (χ4n) is 3.13. The molecule has 0 radical (unpaired) electrons. The third kappa shape index (κ3) is 7.71. The highest BCUT2D eigenvalue weighted by molar-refractivity contribution is 7.98. The summed E-state index contributed by atoms with van der Waals surface area (Å²) in [5, 5.41) is 14.4. The van der Waals surface area contributed by atoms with Gasteiger partial charge in [-0.05, 0) is 54.1 Å². The Balaban J connectivity index is 1.60. The summed E-state index contributed by atoms with van der Waals surface area (Å²) in [6.07, 6.45) is 0.715. The number of carbonyl (C=O) groups is 1. The molecular weight excluding hydrogens is 510 g/mol. The normalized spacial score (nSPS) is 11.1. The standard InChI is InChI=1S/C24H24ClN3O5S2/c25-20-9-7-19(8-10-20)18-34-16-4-15-26-24(29)17-27(21-11-13-22(14-12-21)28(30)31)35(32,33)23-5-2-1-3-6-23/h1-3,5-14H,4,15-18H2,(H,26,29). The minimum Gasteiger partial charge on any atom is -0.354 e. The van der Waals surface area contributed by atoms with Crippen molar-refractivity contribution < 1.29 is 18.1 Å². The van der Waals surface area contributed by atoms with Crippen molar-refractivity contribution in [1.29, 1.82) is 0 Å². The third-order valence-electron chi connectivity index (χ3n) is 4.94. The van der Waals surface area contributed by atoms with Gasteiger partial charge in [0.05, 0.1) is 15.5 Å². The lowest BCUT2D eigenvalue weighted by Gasteiger charge is -2.24. The number of benzene rings is 3. The monoisotopic (exact) mass is 533 g/mol. The predicted octanol–water partition coefficient (Wildman–Crippen LogP) is 4.88. The van der Waals surface area contributed by atoms with Gasteiger partial charge in [0.2, 0.25) is 5.91 Å². The van der Waals surface area contributed by atoms with Crippen molar-refractivity contribution in [2.24, 2.45) is 0 Å². The average Bonchev–Trinajstić information content (AvgIpc) is 2.86. The van der Waals surface area contributed by atoms with Crippen molar-refractivity contribution in [2.45, 2.75) is 17.1 Å². The molecule has 3 aromatic rings. The lowest BCUT2D eigenvalue weighted by molar-refractivity contribution is -0.384. The number of non-ortho nitro benzene ring substituents is 1. The second-order valence-corrected chi connectivity index (χ2v) is 10.9. The summed E-state index contributed by atoms with van der Waals surface area (Å²) in [7, 11) is -4.07. The average molecular weight is 534 g/mol. The Morgan fingerprint density at radius 1 is 1.00 bits per heavy atom. The number of nitro benzene ring substituents is 1. The van der Waals surface area contributed by atoms with Gasteiger partial charge < -0.3 is 5.32 Å². The highest BCUT2D eigenvalue weighted by Gasteiger charge is 2.27. The molecule has 0 saturated heterocycles. The van der Waals surface area contributed by atoms with Crippen molar-refractivity contribution in [3.05, 3.63) is 99.6 Å². The van der Waals surface area contributed by atoms with Crippen molar-refractivity contribution in [3.63, 3.8) is 0 Å². The summed E-state index contributed by atoms with van der Waals surface area (Å²) in [5.41, 5.74) is 1.15. The van der Waals surface area contributed by atoms with Gasteiger partial charge in [-0.25, -0.2) is 8.42 Å². The largest absolute Gasteiger partial charge is 0.354 e. The number of hydrogen-bond acceptors (Lipinski definition) is 6. The second-order valence-electron chi connectivity index (χ2n) is 7.48. The van der Waals surface area contributed by atoms with Crippen LogP contribution in [-0.2, 0) is 20.6 Å². The van der Waals surface area contributed by atoms with Crippen LogP contribution in [0, 0.1) is 10.1 Å². The van der Waals surface area contributed by atoms with Crippen molar-refractivity contribution in [1.82, 2.24) is 5.32 Å². The molecule has 0 aliphatic carbocycles. The number of halogens is 1. The van der Waals surface area contributed by atoms with E-state index in [0.717, 1.165) is 21.4 Å². The summed E-state index contributed by atoms with van der Waals surface area (Å²) in [6.45, 7) is -0.0567. The number of nitrogens with one attached hydrogen (secondary N) is 1. The molecule has 0 fully saturated rings. The van der Waals surface area contributed by atoms with Crippen LogP contribution >= 0.6 is 23.4 Å². The van der Waals surface area contributed by atoms with Crippen LogP contribution in [0.5, 0.6) is 0 Å². The summed E-state index contributed by atoms with van der Waals surface area (Å²) < 4.78 is 27.5. The Bertz CT molecular complexity index is 1240. The Kier molecular flexibility index (Phi) is 9.53. The number of rotatable bonds is 12. The van der Waals surface area contributed by atoms with Gasteiger partial charge in [0.25, 0.3) is 15.7 Å². The number of hydrogen-bond donors (Lipinski definition) is 1. The first-order valence-corrected chi connectivity index (χ1v) is 13.7. The minimum absolute atomic E-state index is 0.0183. The molecule has 35 heavy (non-hydrogen) atoms. The molecule has 3 aromatic carbocycles. The maximum atomic E-state index is 13.3. The van der Waals surface area contributed by atoms with Crippen LogP contribution in [0.15, 0.2) is 83.8 Å². The molecule has 0 aliphatic heterocycles. The lowest BCUT2D eigenvalue weighted by atomic mass is 10.2. The van der Waals surface area contributed by atoms with Gasteiger partial charge in [0, 0.05) is 29.5 Å². The van der Waals surface area contributed by atoms with E-state index in [1.54, 1.807) is 30.0 Å². The molecular formula is C24H24ClN3O5S2. The SMILES string of the molecule is O=C(CN(c1ccc([N+](=O)[O-])cc1)S(=O)(=O)c1ccccc1)NCCCSCc1ccc(Cl)cc1. The number of amides is 1. The van der Waals surface area contributed by atoms with Crippen molar-refractivity contribution >= 4 is 50.7 Å². The first-order valence-electron chi connectivity index (χ1n) is 10.7. The van der Waals surface area contributed by atoms with E-state index in [2.05, 4.69) is 5.32 Å². The Hall–Kier alpha value is -3.08. The van der Waals surface area contributed by atoms with E-state index in [1.807, 2.05) is 24.3 Å². The molecule has 0 unspecified atom stereocenters. The molecule has 0 aromatic heterocycles. The number of anilines is 1. The van der Waals surface area contributed by atoms with Crippen molar-refractivity contribution in [3.8, 4) is 0 Å². The van der Waals surface area contributed by atoms with Gasteiger partial charge in [0.15, 0.2) is 0 Å². The zero-order chi connectivity index (χ0) is 25.3. The quantitative estimate of drug-likeness (QED) is 0.202. The molecule has 0 spiro atoms. The molecule has 0 heterocycles. The number of nitro groups is 1. The van der Waals surface area contributed by atoms with E-state index in [9.17, 15) is 23.3 Å². The zero-order valence-electron chi connectivity index (χ0n) is 18.7. The molecule has 184 valence electrons. The van der Waals surface area contributed by atoms with Gasteiger partial charge in [-0.3, -0.25) is 19.2 Å². The Morgan fingerprint density at radius 2 is 1.66 bits per heavy atom. The molecule has 0 saturated carbocycles. The molecule has 11 heteroatoms. The van der Waals surface area contributed by atoms with Crippen LogP contribution in [0.4, 0.5) is 11.4 Å². The number of sulfonamides is 1. The summed E-state index contributed by atoms with van der Waals surface area (Å²) in [6, 6.07) is 20.4. The van der Waals surface area contributed by atoms with Crippen LogP contribution in [-0.4, -0.2) is 38.1 Å². The van der Waals surface area contributed by atoms with Gasteiger partial charge in [-0.2, -0.15) is 11.8 Å². The number of thioether (sulfide) groups is 1. The molecule has 3 rings (SSSR count). The van der Waals surface area contributed by atoms with Crippen LogP contribution in [0.2, 0.25) is 5.02 Å². The maximum Gasteiger partial charge on any atom is 0.269 e. The predicted molar refractivity (Wildman–Crippen MR) is 139 cm³/mol. The fraction of sp³-hybridized carbons (Fsp3) is 0.208. The van der Waals surface area contributed by atoms with E-state index in [1.165, 1.54) is 36.4 Å². The highest BCUT2D eigenvalue weighted by Crippen LogP contribution is 2.25. The first kappa shape index (κ1) is 26.5. The Morgan fingerprint density at radius 3 is 2.29 bits per heavy atom. The van der Waals surface area contributed by atoms with Gasteiger partial charge in [0.1, 0.15) is 6.54 Å². The second kappa shape index (κ2) is 12.6. The smallest absolute Gasteiger partial charge is 0.269 e. The maximum absolute atomic E-state index is 13.3. The van der Waals surface area contributed by atoms with Gasteiger partial charge >= 0.3 is 0 Å². The molecule has 1 amide bonds. The van der Waals surface area contributed by atoms with E-state index in [0.29, 0.717) is 18.0 Å². The number of nitrogens with zero attached hydrogens (tertiary/aromatic N) is 2. The zero-order valence-corrected chi connectivity index (χ0v) is 21.1. The molecule has 1 N–H and O–H groups in total. The van der Waals surface area contributed by atoms with Gasteiger partial charge in [-0.15, -0.1) is 0 Å². The third-order valence-corrected chi connectivity index (χ3v) is 8.09. The van der Waals surface area contributed by atoms with E-state index < -0.39 is 27.4 Å². The van der Waals surface area contributed by atoms with Crippen LogP contribution in [0.3, 0.4) is 0 Å². The molecule has 0 bridgehead atoms. The van der Waals surface area contributed by atoms with Crippen molar-refractivity contribution in [2.75, 3.05) is 23.1 Å².